The Hall–Kier alpha value is -1.85. The Balaban J connectivity index is 2.02. The van der Waals surface area contributed by atoms with Gasteiger partial charge in [-0.2, -0.15) is 5.10 Å². The summed E-state index contributed by atoms with van der Waals surface area (Å²) in [6, 6.07) is 7.93. The number of hydrogen-bond donors (Lipinski definition) is 1. The number of nitrogens with zero attached hydrogens (tertiary/aromatic N) is 3. The molecule has 2 heterocycles. The summed E-state index contributed by atoms with van der Waals surface area (Å²) in [6.07, 6.45) is 0. The number of aromatic nitrogens is 2. The van der Waals surface area contributed by atoms with Crippen LogP contribution in [0.2, 0.25) is 5.02 Å². The second kappa shape index (κ2) is 5.50. The molecule has 3 rings (SSSR count). The number of hydrogen-bond acceptors (Lipinski definition) is 3. The second-order valence-electron chi connectivity index (χ2n) is 5.18. The van der Waals surface area contributed by atoms with Crippen LogP contribution >= 0.6 is 11.6 Å². The van der Waals surface area contributed by atoms with Crippen LogP contribution in [0.4, 0.5) is 5.69 Å². The van der Waals surface area contributed by atoms with Crippen LogP contribution < -0.4 is 10.2 Å². The van der Waals surface area contributed by atoms with Crippen LogP contribution in [0.1, 0.15) is 17.0 Å². The highest BCUT2D eigenvalue weighted by atomic mass is 35.5. The quantitative estimate of drug-likeness (QED) is 0.923. The summed E-state index contributed by atoms with van der Waals surface area (Å²) in [7, 11) is 1.85. The molecule has 1 aromatic carbocycles. The van der Waals surface area contributed by atoms with Crippen molar-refractivity contribution in [2.75, 3.05) is 11.4 Å². The molecule has 21 heavy (non-hydrogen) atoms. The first-order valence-corrected chi connectivity index (χ1v) is 7.22. The highest BCUT2D eigenvalue weighted by molar-refractivity contribution is 6.31. The fraction of sp³-hybridized carbons (Fsp3) is 0.333. The molecule has 1 aromatic heterocycles. The molecule has 6 heteroatoms. The molecule has 2 aromatic rings. The summed E-state index contributed by atoms with van der Waals surface area (Å²) in [5.41, 5.74) is 3.67. The molecule has 0 unspecified atom stereocenters. The monoisotopic (exact) mass is 304 g/mol. The first-order valence-electron chi connectivity index (χ1n) is 6.85. The third kappa shape index (κ3) is 2.54. The SMILES string of the molecule is Cc1nn(C)c(CN2C(=O)CNCc3ccccc32)c1Cl. The zero-order chi connectivity index (χ0) is 15.0. The maximum absolute atomic E-state index is 12.4. The van der Waals surface area contributed by atoms with Gasteiger partial charge in [0.25, 0.3) is 0 Å². The van der Waals surface area contributed by atoms with Gasteiger partial charge in [0, 0.05) is 19.3 Å². The van der Waals surface area contributed by atoms with Crippen molar-refractivity contribution in [1.29, 1.82) is 0 Å². The maximum atomic E-state index is 12.4. The van der Waals surface area contributed by atoms with Crippen LogP contribution in [0.25, 0.3) is 0 Å². The Morgan fingerprint density at radius 2 is 2.10 bits per heavy atom. The Morgan fingerprint density at radius 1 is 1.33 bits per heavy atom. The lowest BCUT2D eigenvalue weighted by molar-refractivity contribution is -0.117. The number of carbonyl (C=O) groups is 1. The number of carbonyl (C=O) groups excluding carboxylic acids is 1. The summed E-state index contributed by atoms with van der Waals surface area (Å²) in [6.45, 7) is 3.30. The molecule has 110 valence electrons. The van der Waals surface area contributed by atoms with Crippen molar-refractivity contribution in [2.45, 2.75) is 20.0 Å². The fourth-order valence-electron chi connectivity index (χ4n) is 2.63. The molecular formula is C15H17ClN4O. The van der Waals surface area contributed by atoms with Crippen molar-refractivity contribution in [3.63, 3.8) is 0 Å². The minimum absolute atomic E-state index is 0.0369. The lowest BCUT2D eigenvalue weighted by Crippen LogP contribution is -2.35. The predicted octanol–water partition coefficient (Wildman–Crippen LogP) is 2.02. The molecule has 0 radical (unpaired) electrons. The average molecular weight is 305 g/mol. The van der Waals surface area contributed by atoms with Gasteiger partial charge in [-0.25, -0.2) is 0 Å². The van der Waals surface area contributed by atoms with Crippen molar-refractivity contribution in [1.82, 2.24) is 15.1 Å². The molecule has 0 atom stereocenters. The Labute approximate surface area is 128 Å². The second-order valence-corrected chi connectivity index (χ2v) is 5.56. The topological polar surface area (TPSA) is 50.2 Å². The standard InChI is InChI=1S/C15H17ClN4O/c1-10-15(16)13(19(2)18-10)9-20-12-6-4-3-5-11(12)7-17-8-14(20)21/h3-6,17H,7-9H2,1-2H3. The van der Waals surface area contributed by atoms with E-state index >= 15 is 0 Å². The molecule has 1 N–H and O–H groups in total. The van der Waals surface area contributed by atoms with E-state index in [9.17, 15) is 4.79 Å². The van der Waals surface area contributed by atoms with Crippen molar-refractivity contribution >= 4 is 23.2 Å². The Kier molecular flexibility index (Phi) is 3.69. The van der Waals surface area contributed by atoms with Crippen molar-refractivity contribution in [3.8, 4) is 0 Å². The number of para-hydroxylation sites is 1. The molecule has 5 nitrogen and oxygen atoms in total. The maximum Gasteiger partial charge on any atom is 0.241 e. The van der Waals surface area contributed by atoms with E-state index in [1.807, 2.05) is 38.2 Å². The van der Waals surface area contributed by atoms with Crippen LogP contribution in [0.15, 0.2) is 24.3 Å². The number of benzene rings is 1. The third-order valence-corrected chi connectivity index (χ3v) is 4.24. The molecule has 0 spiro atoms. The molecule has 1 amide bonds. The van der Waals surface area contributed by atoms with E-state index < -0.39 is 0 Å². The number of fused-ring (bicyclic) bond motifs is 1. The minimum Gasteiger partial charge on any atom is -0.305 e. The van der Waals surface area contributed by atoms with Gasteiger partial charge in [0.15, 0.2) is 0 Å². The minimum atomic E-state index is 0.0369. The first kappa shape index (κ1) is 14.1. The van der Waals surface area contributed by atoms with Crippen molar-refractivity contribution in [2.24, 2.45) is 7.05 Å². The van der Waals surface area contributed by atoms with Gasteiger partial charge in [-0.15, -0.1) is 0 Å². The van der Waals surface area contributed by atoms with Crippen LogP contribution in [0.3, 0.4) is 0 Å². The molecule has 0 saturated carbocycles. The summed E-state index contributed by atoms with van der Waals surface area (Å²) in [5, 5.41) is 8.09. The van der Waals surface area contributed by atoms with Crippen LogP contribution in [-0.4, -0.2) is 22.2 Å². The van der Waals surface area contributed by atoms with Crippen LogP contribution in [0.5, 0.6) is 0 Å². The van der Waals surface area contributed by atoms with E-state index in [2.05, 4.69) is 10.4 Å². The normalized spacial score (nSPS) is 15.0. The number of nitrogens with one attached hydrogen (secondary N) is 1. The summed E-state index contributed by atoms with van der Waals surface area (Å²) in [5.74, 6) is 0.0369. The van der Waals surface area contributed by atoms with E-state index in [1.54, 1.807) is 9.58 Å². The molecule has 1 aliphatic heterocycles. The van der Waals surface area contributed by atoms with Gasteiger partial charge < -0.3 is 10.2 Å². The van der Waals surface area contributed by atoms with E-state index in [0.29, 0.717) is 24.7 Å². The molecule has 0 saturated heterocycles. The van der Waals surface area contributed by atoms with E-state index in [0.717, 1.165) is 22.6 Å². The van der Waals surface area contributed by atoms with Gasteiger partial charge in [0.2, 0.25) is 5.91 Å². The van der Waals surface area contributed by atoms with Gasteiger partial charge in [0.1, 0.15) is 0 Å². The number of anilines is 1. The summed E-state index contributed by atoms with van der Waals surface area (Å²) in [4.78, 5) is 14.2. The van der Waals surface area contributed by atoms with Gasteiger partial charge >= 0.3 is 0 Å². The van der Waals surface area contributed by atoms with E-state index in [1.165, 1.54) is 0 Å². The zero-order valence-corrected chi connectivity index (χ0v) is 12.8. The smallest absolute Gasteiger partial charge is 0.241 e. The fourth-order valence-corrected chi connectivity index (χ4v) is 2.85. The number of halogens is 1. The highest BCUT2D eigenvalue weighted by Gasteiger charge is 2.24. The predicted molar refractivity (Wildman–Crippen MR) is 82.3 cm³/mol. The largest absolute Gasteiger partial charge is 0.305 e. The van der Waals surface area contributed by atoms with Crippen LogP contribution in [0, 0.1) is 6.92 Å². The number of aryl methyl sites for hydroxylation is 2. The number of rotatable bonds is 2. The summed E-state index contributed by atoms with van der Waals surface area (Å²) < 4.78 is 1.74. The van der Waals surface area contributed by atoms with Gasteiger partial charge in [-0.05, 0) is 18.6 Å². The van der Waals surface area contributed by atoms with E-state index in [-0.39, 0.29) is 5.91 Å². The van der Waals surface area contributed by atoms with E-state index in [4.69, 9.17) is 11.6 Å². The van der Waals surface area contributed by atoms with Crippen molar-refractivity contribution < 1.29 is 4.79 Å². The van der Waals surface area contributed by atoms with Gasteiger partial charge in [0.05, 0.1) is 29.5 Å². The molecular weight excluding hydrogens is 288 g/mol. The van der Waals surface area contributed by atoms with Gasteiger partial charge in [-0.3, -0.25) is 9.48 Å². The molecule has 1 aliphatic rings. The molecule has 0 aliphatic carbocycles. The van der Waals surface area contributed by atoms with Gasteiger partial charge in [-0.1, -0.05) is 29.8 Å². The van der Waals surface area contributed by atoms with Crippen LogP contribution in [-0.2, 0) is 24.9 Å². The average Bonchev–Trinajstić information content (AvgIpc) is 2.62. The number of amides is 1. The molecule has 0 bridgehead atoms. The molecule has 0 fully saturated rings. The lowest BCUT2D eigenvalue weighted by Gasteiger charge is -2.22. The Bertz CT molecular complexity index is 695. The zero-order valence-electron chi connectivity index (χ0n) is 12.1. The summed E-state index contributed by atoms with van der Waals surface area (Å²) >= 11 is 6.31. The van der Waals surface area contributed by atoms with Crippen molar-refractivity contribution in [3.05, 3.63) is 46.2 Å². The first-order chi connectivity index (χ1) is 10.1. The Morgan fingerprint density at radius 3 is 2.81 bits per heavy atom. The lowest BCUT2D eigenvalue weighted by atomic mass is 10.1. The highest BCUT2D eigenvalue weighted by Crippen LogP contribution is 2.27. The third-order valence-electron chi connectivity index (χ3n) is 3.74.